The first-order valence-electron chi connectivity index (χ1n) is 5.67. The van der Waals surface area contributed by atoms with E-state index in [4.69, 9.17) is 10.5 Å². The van der Waals surface area contributed by atoms with Gasteiger partial charge in [0.25, 0.3) is 0 Å². The van der Waals surface area contributed by atoms with Crippen molar-refractivity contribution in [2.75, 3.05) is 5.73 Å². The van der Waals surface area contributed by atoms with Crippen molar-refractivity contribution >= 4 is 22.4 Å². The molecule has 0 aliphatic rings. The number of nitrogens with two attached hydrogens (primary N) is 1. The lowest BCUT2D eigenvalue weighted by molar-refractivity contribution is -0.144. The summed E-state index contributed by atoms with van der Waals surface area (Å²) in [6.45, 7) is 1.99. The van der Waals surface area contributed by atoms with Crippen molar-refractivity contribution in [3.05, 3.63) is 35.2 Å². The third kappa shape index (κ3) is 2.87. The highest BCUT2D eigenvalue weighted by Gasteiger charge is 2.13. The van der Waals surface area contributed by atoms with Crippen LogP contribution in [0.1, 0.15) is 18.2 Å². The normalized spacial score (nSPS) is 10.3. The van der Waals surface area contributed by atoms with Gasteiger partial charge in [0.15, 0.2) is 5.13 Å². The monoisotopic (exact) mass is 262 g/mol. The maximum Gasteiger partial charge on any atom is 0.305 e. The van der Waals surface area contributed by atoms with Crippen molar-refractivity contribution in [2.45, 2.75) is 20.0 Å². The van der Waals surface area contributed by atoms with Crippen LogP contribution in [0.4, 0.5) is 5.13 Å². The largest absolute Gasteiger partial charge is 0.460 e. The first-order chi connectivity index (χ1) is 8.70. The average molecular weight is 262 g/mol. The van der Waals surface area contributed by atoms with Gasteiger partial charge in [-0.05, 0) is 0 Å². The van der Waals surface area contributed by atoms with E-state index in [1.54, 1.807) is 6.92 Å². The van der Waals surface area contributed by atoms with Gasteiger partial charge >= 0.3 is 5.97 Å². The molecule has 0 aliphatic carbocycles. The van der Waals surface area contributed by atoms with Crippen molar-refractivity contribution in [3.8, 4) is 11.3 Å². The molecule has 0 saturated heterocycles. The highest BCUT2D eigenvalue weighted by atomic mass is 32.1. The summed E-state index contributed by atoms with van der Waals surface area (Å²) >= 11 is 1.35. The Labute approximate surface area is 109 Å². The highest BCUT2D eigenvalue weighted by Crippen LogP contribution is 2.30. The quantitative estimate of drug-likeness (QED) is 0.860. The summed E-state index contributed by atoms with van der Waals surface area (Å²) in [6, 6.07) is 9.73. The Hall–Kier alpha value is -1.88. The van der Waals surface area contributed by atoms with Crippen LogP contribution in [0.5, 0.6) is 0 Å². The molecule has 0 atom stereocenters. The molecule has 1 aromatic carbocycles. The number of benzene rings is 1. The van der Waals surface area contributed by atoms with Gasteiger partial charge in [0.05, 0.1) is 10.6 Å². The molecule has 0 unspecified atom stereocenters. The Balaban J connectivity index is 2.23. The zero-order valence-corrected chi connectivity index (χ0v) is 10.9. The number of hydrogen-bond acceptors (Lipinski definition) is 5. The number of nitrogen functional groups attached to an aromatic ring is 1. The Morgan fingerprint density at radius 1 is 1.39 bits per heavy atom. The highest BCUT2D eigenvalue weighted by molar-refractivity contribution is 7.15. The van der Waals surface area contributed by atoms with Gasteiger partial charge in [-0.2, -0.15) is 0 Å². The van der Waals surface area contributed by atoms with Crippen molar-refractivity contribution in [1.29, 1.82) is 0 Å². The fourth-order valence-electron chi connectivity index (χ4n) is 1.54. The van der Waals surface area contributed by atoms with E-state index in [2.05, 4.69) is 4.98 Å². The molecule has 0 aliphatic heterocycles. The lowest BCUT2D eigenvalue weighted by atomic mass is 10.1. The van der Waals surface area contributed by atoms with E-state index in [1.165, 1.54) is 11.3 Å². The van der Waals surface area contributed by atoms with E-state index in [-0.39, 0.29) is 12.6 Å². The minimum atomic E-state index is -0.221. The van der Waals surface area contributed by atoms with Gasteiger partial charge in [0.1, 0.15) is 6.61 Å². The first-order valence-corrected chi connectivity index (χ1v) is 6.48. The number of carbonyl (C=O) groups is 1. The van der Waals surface area contributed by atoms with Gasteiger partial charge in [-0.3, -0.25) is 4.79 Å². The molecule has 0 radical (unpaired) electrons. The van der Waals surface area contributed by atoms with Crippen molar-refractivity contribution in [3.63, 3.8) is 0 Å². The SMILES string of the molecule is CCC(=O)OCc1sc(N)nc1-c1ccccc1. The number of rotatable bonds is 4. The predicted octanol–water partition coefficient (Wildman–Crippen LogP) is 2.85. The Bertz CT molecular complexity index is 537. The van der Waals surface area contributed by atoms with Gasteiger partial charge in [-0.25, -0.2) is 4.98 Å². The number of anilines is 1. The van der Waals surface area contributed by atoms with Gasteiger partial charge in [0.2, 0.25) is 0 Å². The van der Waals surface area contributed by atoms with Crippen LogP contribution < -0.4 is 5.73 Å². The molecule has 0 spiro atoms. The van der Waals surface area contributed by atoms with Crippen LogP contribution in [0.3, 0.4) is 0 Å². The zero-order valence-electron chi connectivity index (χ0n) is 10.1. The van der Waals surface area contributed by atoms with E-state index < -0.39 is 0 Å². The van der Waals surface area contributed by atoms with E-state index in [0.717, 1.165) is 16.1 Å². The predicted molar refractivity (Wildman–Crippen MR) is 72.0 cm³/mol. The van der Waals surface area contributed by atoms with E-state index >= 15 is 0 Å². The Morgan fingerprint density at radius 3 is 2.78 bits per heavy atom. The van der Waals surface area contributed by atoms with E-state index in [0.29, 0.717) is 11.6 Å². The van der Waals surface area contributed by atoms with Gasteiger partial charge < -0.3 is 10.5 Å². The van der Waals surface area contributed by atoms with E-state index in [9.17, 15) is 4.79 Å². The third-order valence-corrected chi connectivity index (χ3v) is 3.27. The smallest absolute Gasteiger partial charge is 0.305 e. The lowest BCUT2D eigenvalue weighted by Crippen LogP contribution is -2.02. The molecular weight excluding hydrogens is 248 g/mol. The second-order valence-electron chi connectivity index (χ2n) is 3.70. The topological polar surface area (TPSA) is 65.2 Å². The number of hydrogen-bond donors (Lipinski definition) is 1. The summed E-state index contributed by atoms with van der Waals surface area (Å²) in [5.41, 5.74) is 7.50. The number of carbonyl (C=O) groups excluding carboxylic acids is 1. The molecule has 2 rings (SSSR count). The summed E-state index contributed by atoms with van der Waals surface area (Å²) in [4.78, 5) is 16.3. The Kier molecular flexibility index (Phi) is 3.94. The van der Waals surface area contributed by atoms with Crippen molar-refractivity contribution in [2.24, 2.45) is 0 Å². The molecule has 94 valence electrons. The van der Waals surface area contributed by atoms with Crippen LogP contribution in [0.2, 0.25) is 0 Å². The molecule has 0 bridgehead atoms. The molecule has 4 nitrogen and oxygen atoms in total. The number of esters is 1. The number of ether oxygens (including phenoxy) is 1. The third-order valence-electron chi connectivity index (χ3n) is 2.41. The first kappa shape index (κ1) is 12.6. The fourth-order valence-corrected chi connectivity index (χ4v) is 2.30. The fraction of sp³-hybridized carbons (Fsp3) is 0.231. The van der Waals surface area contributed by atoms with E-state index in [1.807, 2.05) is 30.3 Å². The summed E-state index contributed by atoms with van der Waals surface area (Å²) in [7, 11) is 0. The molecule has 0 fully saturated rings. The number of nitrogens with zero attached hydrogens (tertiary/aromatic N) is 1. The van der Waals surface area contributed by atoms with Crippen LogP contribution in [-0.4, -0.2) is 11.0 Å². The number of aromatic nitrogens is 1. The minimum Gasteiger partial charge on any atom is -0.460 e. The molecule has 0 amide bonds. The van der Waals surface area contributed by atoms with Crippen LogP contribution in [0, 0.1) is 0 Å². The summed E-state index contributed by atoms with van der Waals surface area (Å²) in [6.07, 6.45) is 0.370. The van der Waals surface area contributed by atoms with Crippen LogP contribution in [0.25, 0.3) is 11.3 Å². The second kappa shape index (κ2) is 5.64. The second-order valence-corrected chi connectivity index (χ2v) is 4.82. The van der Waals surface area contributed by atoms with Crippen LogP contribution >= 0.6 is 11.3 Å². The van der Waals surface area contributed by atoms with Gasteiger partial charge in [0, 0.05) is 12.0 Å². The molecule has 1 heterocycles. The number of thiazole rings is 1. The van der Waals surface area contributed by atoms with Gasteiger partial charge in [-0.1, -0.05) is 48.6 Å². The lowest BCUT2D eigenvalue weighted by Gasteiger charge is -2.03. The molecule has 1 aromatic heterocycles. The molecule has 18 heavy (non-hydrogen) atoms. The molecule has 2 aromatic rings. The Morgan fingerprint density at radius 2 is 2.11 bits per heavy atom. The molecular formula is C13H14N2O2S. The standard InChI is InChI=1S/C13H14N2O2S/c1-2-11(16)17-8-10-12(15-13(14)18-10)9-6-4-3-5-7-9/h3-7H,2,8H2,1H3,(H2,14,15). The van der Waals surface area contributed by atoms with Crippen molar-refractivity contribution in [1.82, 2.24) is 4.98 Å². The maximum absolute atomic E-state index is 11.2. The summed E-state index contributed by atoms with van der Waals surface area (Å²) in [5, 5.41) is 0.483. The molecule has 2 N–H and O–H groups in total. The summed E-state index contributed by atoms with van der Waals surface area (Å²) < 4.78 is 5.13. The van der Waals surface area contributed by atoms with Crippen LogP contribution in [-0.2, 0) is 16.1 Å². The zero-order chi connectivity index (χ0) is 13.0. The minimum absolute atomic E-state index is 0.221. The molecule has 5 heteroatoms. The summed E-state index contributed by atoms with van der Waals surface area (Å²) in [5.74, 6) is -0.221. The molecule has 0 saturated carbocycles. The van der Waals surface area contributed by atoms with Crippen LogP contribution in [0.15, 0.2) is 30.3 Å². The van der Waals surface area contributed by atoms with Gasteiger partial charge in [-0.15, -0.1) is 0 Å². The van der Waals surface area contributed by atoms with Crippen molar-refractivity contribution < 1.29 is 9.53 Å². The average Bonchev–Trinajstić information content (AvgIpc) is 2.78. The maximum atomic E-state index is 11.2.